The lowest BCUT2D eigenvalue weighted by atomic mass is 10.1. The SMILES string of the molecule is CN(C)c1cccc(C(=O)Nc2cc(Br)ccc2Br)c1. The average molecular weight is 398 g/mol. The van der Waals surface area contributed by atoms with Crippen molar-refractivity contribution in [3.8, 4) is 0 Å². The molecule has 0 atom stereocenters. The van der Waals surface area contributed by atoms with E-state index >= 15 is 0 Å². The summed E-state index contributed by atoms with van der Waals surface area (Å²) in [6.45, 7) is 0. The molecule has 0 bridgehead atoms. The van der Waals surface area contributed by atoms with Crippen molar-refractivity contribution < 1.29 is 4.79 Å². The topological polar surface area (TPSA) is 32.3 Å². The summed E-state index contributed by atoms with van der Waals surface area (Å²) in [6, 6.07) is 13.2. The van der Waals surface area contributed by atoms with E-state index in [1.807, 2.05) is 55.4 Å². The van der Waals surface area contributed by atoms with Crippen molar-refractivity contribution in [1.29, 1.82) is 0 Å². The van der Waals surface area contributed by atoms with Gasteiger partial charge in [-0.2, -0.15) is 0 Å². The van der Waals surface area contributed by atoms with E-state index in [9.17, 15) is 4.79 Å². The number of anilines is 2. The average Bonchev–Trinajstić information content (AvgIpc) is 2.43. The largest absolute Gasteiger partial charge is 0.378 e. The van der Waals surface area contributed by atoms with Crippen molar-refractivity contribution in [3.05, 3.63) is 57.0 Å². The first-order chi connectivity index (χ1) is 9.47. The van der Waals surface area contributed by atoms with Crippen LogP contribution in [0.25, 0.3) is 0 Å². The van der Waals surface area contributed by atoms with Crippen LogP contribution in [0.3, 0.4) is 0 Å². The second-order valence-electron chi connectivity index (χ2n) is 4.52. The molecule has 2 rings (SSSR count). The van der Waals surface area contributed by atoms with E-state index in [1.165, 1.54) is 0 Å². The standard InChI is InChI=1S/C15H14Br2N2O/c1-19(2)12-5-3-4-10(8-12)15(20)18-14-9-11(16)6-7-13(14)17/h3-9H,1-2H3,(H,18,20). The van der Waals surface area contributed by atoms with Crippen LogP contribution in [-0.4, -0.2) is 20.0 Å². The summed E-state index contributed by atoms with van der Waals surface area (Å²) in [6.07, 6.45) is 0. The molecule has 5 heteroatoms. The normalized spacial score (nSPS) is 10.2. The van der Waals surface area contributed by atoms with Crippen LogP contribution in [0.1, 0.15) is 10.4 Å². The van der Waals surface area contributed by atoms with Crippen molar-refractivity contribution in [1.82, 2.24) is 0 Å². The number of nitrogens with one attached hydrogen (secondary N) is 1. The minimum Gasteiger partial charge on any atom is -0.378 e. The smallest absolute Gasteiger partial charge is 0.255 e. The maximum atomic E-state index is 12.3. The van der Waals surface area contributed by atoms with Crippen molar-refractivity contribution in [2.45, 2.75) is 0 Å². The number of carbonyl (C=O) groups excluding carboxylic acids is 1. The van der Waals surface area contributed by atoms with Crippen LogP contribution < -0.4 is 10.2 Å². The van der Waals surface area contributed by atoms with Crippen LogP contribution in [0.5, 0.6) is 0 Å². The molecule has 0 saturated heterocycles. The van der Waals surface area contributed by atoms with Crippen LogP contribution in [0.4, 0.5) is 11.4 Å². The number of rotatable bonds is 3. The zero-order chi connectivity index (χ0) is 14.7. The minimum atomic E-state index is -0.132. The molecule has 0 heterocycles. The summed E-state index contributed by atoms with van der Waals surface area (Å²) in [7, 11) is 3.89. The first-order valence-electron chi connectivity index (χ1n) is 6.01. The molecule has 0 aliphatic heterocycles. The highest BCUT2D eigenvalue weighted by atomic mass is 79.9. The summed E-state index contributed by atoms with van der Waals surface area (Å²) >= 11 is 6.82. The van der Waals surface area contributed by atoms with Gasteiger partial charge in [-0.05, 0) is 52.3 Å². The number of hydrogen-bond acceptors (Lipinski definition) is 2. The highest BCUT2D eigenvalue weighted by molar-refractivity contribution is 9.11. The molecule has 2 aromatic carbocycles. The molecule has 0 fully saturated rings. The maximum Gasteiger partial charge on any atom is 0.255 e. The number of halogens is 2. The Labute approximate surface area is 135 Å². The van der Waals surface area contributed by atoms with Gasteiger partial charge in [-0.1, -0.05) is 22.0 Å². The molecule has 0 aromatic heterocycles. The minimum absolute atomic E-state index is 0.132. The van der Waals surface area contributed by atoms with Gasteiger partial charge in [-0.15, -0.1) is 0 Å². The lowest BCUT2D eigenvalue weighted by molar-refractivity contribution is 0.102. The number of benzene rings is 2. The zero-order valence-corrected chi connectivity index (χ0v) is 14.3. The van der Waals surface area contributed by atoms with Crippen LogP contribution in [0, 0.1) is 0 Å². The molecule has 20 heavy (non-hydrogen) atoms. The number of hydrogen-bond donors (Lipinski definition) is 1. The Balaban J connectivity index is 2.24. The van der Waals surface area contributed by atoms with E-state index in [0.717, 1.165) is 20.3 Å². The quantitative estimate of drug-likeness (QED) is 0.825. The van der Waals surface area contributed by atoms with Gasteiger partial charge in [-0.3, -0.25) is 4.79 Å². The molecule has 104 valence electrons. The Hall–Kier alpha value is -1.33. The van der Waals surface area contributed by atoms with Crippen molar-refractivity contribution in [2.75, 3.05) is 24.3 Å². The molecular weight excluding hydrogens is 384 g/mol. The highest BCUT2D eigenvalue weighted by Crippen LogP contribution is 2.26. The zero-order valence-electron chi connectivity index (χ0n) is 11.2. The van der Waals surface area contributed by atoms with Gasteiger partial charge in [-0.25, -0.2) is 0 Å². The van der Waals surface area contributed by atoms with Gasteiger partial charge in [0.2, 0.25) is 0 Å². The molecule has 0 aliphatic carbocycles. The summed E-state index contributed by atoms with van der Waals surface area (Å²) in [5.41, 5.74) is 2.36. The summed E-state index contributed by atoms with van der Waals surface area (Å²) in [5, 5.41) is 2.90. The van der Waals surface area contributed by atoms with E-state index in [4.69, 9.17) is 0 Å². The van der Waals surface area contributed by atoms with E-state index < -0.39 is 0 Å². The number of nitrogens with zero attached hydrogens (tertiary/aromatic N) is 1. The Kier molecular flexibility index (Phi) is 4.83. The van der Waals surface area contributed by atoms with Crippen LogP contribution in [0.2, 0.25) is 0 Å². The van der Waals surface area contributed by atoms with Gasteiger partial charge in [0, 0.05) is 34.3 Å². The molecular formula is C15H14Br2N2O. The Morgan fingerprint density at radius 3 is 2.55 bits per heavy atom. The van der Waals surface area contributed by atoms with Crippen LogP contribution in [-0.2, 0) is 0 Å². The van der Waals surface area contributed by atoms with E-state index in [-0.39, 0.29) is 5.91 Å². The van der Waals surface area contributed by atoms with Gasteiger partial charge in [0.25, 0.3) is 5.91 Å². The fourth-order valence-corrected chi connectivity index (χ4v) is 2.42. The maximum absolute atomic E-state index is 12.3. The van der Waals surface area contributed by atoms with Crippen LogP contribution >= 0.6 is 31.9 Å². The van der Waals surface area contributed by atoms with Crippen molar-refractivity contribution in [3.63, 3.8) is 0 Å². The summed E-state index contributed by atoms with van der Waals surface area (Å²) < 4.78 is 1.76. The summed E-state index contributed by atoms with van der Waals surface area (Å²) in [5.74, 6) is -0.132. The van der Waals surface area contributed by atoms with E-state index in [2.05, 4.69) is 37.2 Å². The fraction of sp³-hybridized carbons (Fsp3) is 0.133. The van der Waals surface area contributed by atoms with Gasteiger partial charge in [0.1, 0.15) is 0 Å². The molecule has 0 saturated carbocycles. The third kappa shape index (κ3) is 3.61. The Bertz CT molecular complexity index is 642. The molecule has 0 radical (unpaired) electrons. The van der Waals surface area contributed by atoms with Gasteiger partial charge < -0.3 is 10.2 Å². The third-order valence-electron chi connectivity index (χ3n) is 2.80. The Morgan fingerprint density at radius 1 is 1.10 bits per heavy atom. The lowest BCUT2D eigenvalue weighted by Crippen LogP contribution is -2.14. The second-order valence-corrected chi connectivity index (χ2v) is 6.29. The van der Waals surface area contributed by atoms with Crippen molar-refractivity contribution >= 4 is 49.1 Å². The molecule has 1 amide bonds. The van der Waals surface area contributed by atoms with Gasteiger partial charge in [0.05, 0.1) is 5.69 Å². The first-order valence-corrected chi connectivity index (χ1v) is 7.60. The van der Waals surface area contributed by atoms with Crippen molar-refractivity contribution in [2.24, 2.45) is 0 Å². The molecule has 0 aliphatic rings. The highest BCUT2D eigenvalue weighted by Gasteiger charge is 2.09. The predicted octanol–water partition coefficient (Wildman–Crippen LogP) is 4.53. The van der Waals surface area contributed by atoms with Gasteiger partial charge >= 0.3 is 0 Å². The molecule has 1 N–H and O–H groups in total. The Morgan fingerprint density at radius 2 is 1.85 bits per heavy atom. The summed E-state index contributed by atoms with van der Waals surface area (Å²) in [4.78, 5) is 14.3. The van der Waals surface area contributed by atoms with E-state index in [0.29, 0.717) is 5.56 Å². The monoisotopic (exact) mass is 396 g/mol. The number of amides is 1. The molecule has 2 aromatic rings. The third-order valence-corrected chi connectivity index (χ3v) is 3.99. The first kappa shape index (κ1) is 15.1. The fourth-order valence-electron chi connectivity index (χ4n) is 1.71. The lowest BCUT2D eigenvalue weighted by Gasteiger charge is -2.14. The molecule has 0 unspecified atom stereocenters. The predicted molar refractivity (Wildman–Crippen MR) is 90.6 cm³/mol. The number of carbonyl (C=O) groups is 1. The molecule has 0 spiro atoms. The second kappa shape index (κ2) is 6.41. The van der Waals surface area contributed by atoms with Crippen LogP contribution in [0.15, 0.2) is 51.4 Å². The molecule has 3 nitrogen and oxygen atoms in total. The van der Waals surface area contributed by atoms with Gasteiger partial charge in [0.15, 0.2) is 0 Å². The van der Waals surface area contributed by atoms with E-state index in [1.54, 1.807) is 6.07 Å².